The fourth-order valence-electron chi connectivity index (χ4n) is 2.70. The van der Waals surface area contributed by atoms with Crippen molar-refractivity contribution in [3.63, 3.8) is 0 Å². The molecule has 2 aromatic heterocycles. The zero-order chi connectivity index (χ0) is 16.9. The predicted octanol–water partition coefficient (Wildman–Crippen LogP) is 3.86. The lowest BCUT2D eigenvalue weighted by atomic mass is 10.0. The zero-order valence-corrected chi connectivity index (χ0v) is 14.7. The third-order valence-corrected chi connectivity index (χ3v) is 4.76. The van der Waals surface area contributed by atoms with Crippen molar-refractivity contribution in [1.29, 1.82) is 0 Å². The van der Waals surface area contributed by atoms with Gasteiger partial charge >= 0.3 is 0 Å². The second kappa shape index (κ2) is 7.59. The lowest BCUT2D eigenvalue weighted by Gasteiger charge is -2.09. The van der Waals surface area contributed by atoms with Crippen LogP contribution >= 0.6 is 11.3 Å². The van der Waals surface area contributed by atoms with Gasteiger partial charge in [0.15, 0.2) is 0 Å². The van der Waals surface area contributed by atoms with Crippen molar-refractivity contribution >= 4 is 27.4 Å². The lowest BCUT2D eigenvalue weighted by molar-refractivity contribution is 0.292. The minimum atomic E-state index is 0.162. The van der Waals surface area contributed by atoms with Gasteiger partial charge in [0, 0.05) is 23.6 Å². The molecule has 0 amide bonds. The van der Waals surface area contributed by atoms with Crippen LogP contribution in [0, 0.1) is 6.92 Å². The first-order valence-electron chi connectivity index (χ1n) is 8.06. The van der Waals surface area contributed by atoms with Crippen LogP contribution in [0.25, 0.3) is 21.3 Å². The number of hydrogen-bond donors (Lipinski definition) is 2. The Morgan fingerprint density at radius 1 is 1.21 bits per heavy atom. The van der Waals surface area contributed by atoms with E-state index in [4.69, 9.17) is 9.84 Å². The van der Waals surface area contributed by atoms with Crippen LogP contribution in [0.1, 0.15) is 18.2 Å². The maximum absolute atomic E-state index is 8.98. The van der Waals surface area contributed by atoms with Crippen LogP contribution < -0.4 is 10.1 Å². The molecular weight excluding hydrogens is 322 g/mol. The highest BCUT2D eigenvalue weighted by Gasteiger charge is 2.16. The lowest BCUT2D eigenvalue weighted by Crippen LogP contribution is -2.05. The van der Waals surface area contributed by atoms with Crippen LogP contribution in [0.4, 0.5) is 5.82 Å². The molecule has 24 heavy (non-hydrogen) atoms. The number of hydrogen-bond acceptors (Lipinski definition) is 6. The van der Waals surface area contributed by atoms with Gasteiger partial charge in [0.2, 0.25) is 0 Å². The Hall–Kier alpha value is -2.18. The summed E-state index contributed by atoms with van der Waals surface area (Å²) in [4.78, 5) is 11.0. The van der Waals surface area contributed by atoms with Crippen molar-refractivity contribution in [1.82, 2.24) is 9.97 Å². The molecule has 0 radical (unpaired) electrons. The summed E-state index contributed by atoms with van der Waals surface area (Å²) in [7, 11) is 0. The molecule has 1 aromatic carbocycles. The average Bonchev–Trinajstić information content (AvgIpc) is 2.93. The van der Waals surface area contributed by atoms with Crippen LogP contribution in [0.5, 0.6) is 5.75 Å². The monoisotopic (exact) mass is 343 g/mol. The number of rotatable bonds is 7. The quantitative estimate of drug-likeness (QED) is 0.638. The van der Waals surface area contributed by atoms with Crippen LogP contribution in [0.15, 0.2) is 30.6 Å². The average molecular weight is 343 g/mol. The maximum Gasteiger partial charge on any atom is 0.138 e. The van der Waals surface area contributed by atoms with Crippen LogP contribution in [0.3, 0.4) is 0 Å². The van der Waals surface area contributed by atoms with Gasteiger partial charge in [-0.3, -0.25) is 0 Å². The summed E-state index contributed by atoms with van der Waals surface area (Å²) in [5.74, 6) is 1.69. The number of aryl methyl sites for hydroxylation is 1. The molecule has 6 heteroatoms. The number of thiophene rings is 1. The number of aliphatic hydroxyl groups is 1. The summed E-state index contributed by atoms with van der Waals surface area (Å²) in [6.07, 6.45) is 2.27. The van der Waals surface area contributed by atoms with Gasteiger partial charge in [0.1, 0.15) is 22.7 Å². The van der Waals surface area contributed by atoms with Gasteiger partial charge in [-0.1, -0.05) is 12.1 Å². The first-order valence-corrected chi connectivity index (χ1v) is 8.88. The molecule has 0 spiro atoms. The smallest absolute Gasteiger partial charge is 0.138 e. The molecule has 0 aliphatic rings. The fraction of sp³-hybridized carbons (Fsp3) is 0.333. The van der Waals surface area contributed by atoms with Crippen LogP contribution in [-0.4, -0.2) is 34.8 Å². The molecule has 2 N–H and O–H groups in total. The van der Waals surface area contributed by atoms with Crippen molar-refractivity contribution in [3.05, 3.63) is 35.5 Å². The summed E-state index contributed by atoms with van der Waals surface area (Å²) in [5, 5.41) is 13.3. The molecule has 0 atom stereocenters. The van der Waals surface area contributed by atoms with Crippen molar-refractivity contribution in [3.8, 4) is 16.9 Å². The van der Waals surface area contributed by atoms with E-state index in [1.54, 1.807) is 17.7 Å². The molecule has 0 bridgehead atoms. The Balaban J connectivity index is 2.04. The zero-order valence-electron chi connectivity index (χ0n) is 13.9. The second-order valence-electron chi connectivity index (χ2n) is 5.40. The molecular formula is C18H21N3O2S. The predicted molar refractivity (Wildman–Crippen MR) is 98.9 cm³/mol. The summed E-state index contributed by atoms with van der Waals surface area (Å²) in [5.41, 5.74) is 2.28. The first-order chi connectivity index (χ1) is 11.7. The minimum Gasteiger partial charge on any atom is -0.494 e. The molecule has 2 heterocycles. The Morgan fingerprint density at radius 3 is 2.71 bits per heavy atom. The maximum atomic E-state index is 8.98. The van der Waals surface area contributed by atoms with Gasteiger partial charge in [-0.05, 0) is 38.0 Å². The Labute approximate surface area is 145 Å². The number of nitrogens with one attached hydrogen (secondary N) is 1. The molecule has 0 unspecified atom stereocenters. The fourth-order valence-corrected chi connectivity index (χ4v) is 3.71. The Bertz CT molecular complexity index is 815. The first kappa shape index (κ1) is 16.7. The third-order valence-electron chi connectivity index (χ3n) is 3.75. The Morgan fingerprint density at radius 2 is 2.00 bits per heavy atom. The number of benzene rings is 1. The largest absolute Gasteiger partial charge is 0.494 e. The van der Waals surface area contributed by atoms with E-state index in [9.17, 15) is 0 Å². The molecule has 0 aliphatic heterocycles. The van der Waals surface area contributed by atoms with Gasteiger partial charge < -0.3 is 15.2 Å². The summed E-state index contributed by atoms with van der Waals surface area (Å²) < 4.78 is 5.53. The van der Waals surface area contributed by atoms with Gasteiger partial charge in [0.25, 0.3) is 0 Å². The highest BCUT2D eigenvalue weighted by molar-refractivity contribution is 7.19. The molecule has 0 saturated heterocycles. The number of anilines is 1. The van der Waals surface area contributed by atoms with Crippen LogP contribution in [-0.2, 0) is 0 Å². The highest BCUT2D eigenvalue weighted by Crippen LogP contribution is 2.40. The SMILES string of the molecule is CCOc1ccc(-c2c(C)sc3ncnc(NCCCO)c23)cc1. The normalized spacial score (nSPS) is 11.0. The van der Waals surface area contributed by atoms with Gasteiger partial charge in [0.05, 0.1) is 12.0 Å². The molecule has 0 fully saturated rings. The molecule has 5 nitrogen and oxygen atoms in total. The van der Waals surface area contributed by atoms with E-state index in [-0.39, 0.29) is 6.61 Å². The van der Waals surface area contributed by atoms with E-state index in [1.165, 1.54) is 4.88 Å². The molecule has 0 saturated carbocycles. The molecule has 0 aliphatic carbocycles. The number of aliphatic hydroxyl groups excluding tert-OH is 1. The third kappa shape index (κ3) is 3.34. The minimum absolute atomic E-state index is 0.162. The van der Waals surface area contributed by atoms with Crippen molar-refractivity contribution in [2.24, 2.45) is 0 Å². The van der Waals surface area contributed by atoms with Gasteiger partial charge in [-0.2, -0.15) is 0 Å². The summed E-state index contributed by atoms with van der Waals surface area (Å²) in [6, 6.07) is 8.13. The van der Waals surface area contributed by atoms with Crippen LogP contribution in [0.2, 0.25) is 0 Å². The van der Waals surface area contributed by atoms with E-state index in [1.807, 2.05) is 19.1 Å². The van der Waals surface area contributed by atoms with Crippen molar-refractivity contribution < 1.29 is 9.84 Å². The van der Waals surface area contributed by atoms with E-state index in [2.05, 4.69) is 34.3 Å². The standard InChI is InChI=1S/C18H21N3O2S/c1-3-23-14-7-5-13(6-8-14)15-12(2)24-18-16(15)17(20-11-21-18)19-9-4-10-22/h5-8,11,22H,3-4,9-10H2,1-2H3,(H,19,20,21). The molecule has 3 aromatic rings. The summed E-state index contributed by atoms with van der Waals surface area (Å²) in [6.45, 7) is 5.59. The molecule has 126 valence electrons. The van der Waals surface area contributed by atoms with Gasteiger partial charge in [-0.15, -0.1) is 11.3 Å². The molecule has 3 rings (SSSR count). The number of nitrogens with zero attached hydrogens (tertiary/aromatic N) is 2. The van der Waals surface area contributed by atoms with Crippen molar-refractivity contribution in [2.75, 3.05) is 25.1 Å². The van der Waals surface area contributed by atoms with Gasteiger partial charge in [-0.25, -0.2) is 9.97 Å². The topological polar surface area (TPSA) is 67.3 Å². The summed E-state index contributed by atoms with van der Waals surface area (Å²) >= 11 is 1.67. The number of fused-ring (bicyclic) bond motifs is 1. The van der Waals surface area contributed by atoms with E-state index in [0.717, 1.165) is 32.9 Å². The van der Waals surface area contributed by atoms with E-state index < -0.39 is 0 Å². The van der Waals surface area contributed by atoms with Crippen molar-refractivity contribution in [2.45, 2.75) is 20.3 Å². The van der Waals surface area contributed by atoms with E-state index >= 15 is 0 Å². The second-order valence-corrected chi connectivity index (χ2v) is 6.60. The number of ether oxygens (including phenoxy) is 1. The highest BCUT2D eigenvalue weighted by atomic mass is 32.1. The van der Waals surface area contributed by atoms with E-state index in [0.29, 0.717) is 19.6 Å². The number of aromatic nitrogens is 2. The Kier molecular flexibility index (Phi) is 5.27.